The van der Waals surface area contributed by atoms with Crippen molar-refractivity contribution < 1.29 is 18.8 Å². The van der Waals surface area contributed by atoms with Crippen molar-refractivity contribution in [1.82, 2.24) is 0 Å². The molecular formula is C18H22FN2O2S+. The Bertz CT molecular complexity index is 640. The second-order valence-corrected chi connectivity index (χ2v) is 7.11. The van der Waals surface area contributed by atoms with E-state index in [9.17, 15) is 9.18 Å². The minimum atomic E-state index is -0.309. The Morgan fingerprint density at radius 1 is 1.33 bits per heavy atom. The Morgan fingerprint density at radius 2 is 2.17 bits per heavy atom. The van der Waals surface area contributed by atoms with E-state index < -0.39 is 0 Å². The second-order valence-electron chi connectivity index (χ2n) is 6.08. The molecule has 1 aromatic heterocycles. The van der Waals surface area contributed by atoms with Crippen LogP contribution in [0.2, 0.25) is 0 Å². The second kappa shape index (κ2) is 8.37. The van der Waals surface area contributed by atoms with Crippen molar-refractivity contribution >= 4 is 22.9 Å². The molecule has 0 bridgehead atoms. The van der Waals surface area contributed by atoms with Crippen molar-refractivity contribution in [3.05, 3.63) is 52.5 Å². The molecule has 2 atom stereocenters. The largest absolute Gasteiger partial charge is 0.372 e. The van der Waals surface area contributed by atoms with Gasteiger partial charge in [0, 0.05) is 12.3 Å². The highest BCUT2D eigenvalue weighted by molar-refractivity contribution is 7.09. The van der Waals surface area contributed by atoms with Gasteiger partial charge in [-0.3, -0.25) is 4.79 Å². The van der Waals surface area contributed by atoms with Gasteiger partial charge in [0.2, 0.25) is 0 Å². The predicted octanol–water partition coefficient (Wildman–Crippen LogP) is 2.09. The first-order valence-electron chi connectivity index (χ1n) is 8.22. The summed E-state index contributed by atoms with van der Waals surface area (Å²) in [5, 5.41) is 4.89. The van der Waals surface area contributed by atoms with Crippen LogP contribution in [0, 0.1) is 5.82 Å². The lowest BCUT2D eigenvalue weighted by molar-refractivity contribution is -0.908. The van der Waals surface area contributed by atoms with Gasteiger partial charge in [-0.15, -0.1) is 11.3 Å². The molecule has 1 aliphatic heterocycles. The molecular weight excluding hydrogens is 327 g/mol. The lowest BCUT2D eigenvalue weighted by atomic mass is 10.2. The van der Waals surface area contributed by atoms with Crippen molar-refractivity contribution in [3.63, 3.8) is 0 Å². The molecule has 4 nitrogen and oxygen atoms in total. The summed E-state index contributed by atoms with van der Waals surface area (Å²) < 4.78 is 18.7. The van der Waals surface area contributed by atoms with Crippen LogP contribution in [0.1, 0.15) is 17.7 Å². The van der Waals surface area contributed by atoms with Gasteiger partial charge in [-0.05, 0) is 48.6 Å². The summed E-state index contributed by atoms with van der Waals surface area (Å²) in [4.78, 5) is 14.8. The molecule has 0 radical (unpaired) electrons. The van der Waals surface area contributed by atoms with Crippen molar-refractivity contribution in [1.29, 1.82) is 0 Å². The number of hydrogen-bond acceptors (Lipinski definition) is 3. The minimum Gasteiger partial charge on any atom is -0.372 e. The third-order valence-electron chi connectivity index (χ3n) is 4.08. The zero-order valence-corrected chi connectivity index (χ0v) is 14.3. The molecule has 6 heteroatoms. The number of benzene rings is 1. The van der Waals surface area contributed by atoms with Crippen LogP contribution in [0.25, 0.3) is 0 Å². The van der Waals surface area contributed by atoms with Gasteiger partial charge in [0.05, 0.1) is 4.88 Å². The number of amides is 1. The SMILES string of the molecule is O=C(C[NH+](Cc1cccs1)C[C@@H]1CCCO1)Nc1ccc(F)cc1. The standard InChI is InChI=1S/C18H21FN2O2S/c19-14-5-7-15(8-6-14)20-18(22)13-21(11-16-3-1-9-23-16)12-17-4-2-10-24-17/h2,4-8,10,16H,1,3,9,11-13H2,(H,20,22)/p+1/t16-/m0/s1. The molecule has 2 N–H and O–H groups in total. The third-order valence-corrected chi connectivity index (χ3v) is 4.96. The van der Waals surface area contributed by atoms with E-state index >= 15 is 0 Å². The molecule has 0 saturated carbocycles. The number of anilines is 1. The van der Waals surface area contributed by atoms with Gasteiger partial charge in [0.25, 0.3) is 5.91 Å². The third kappa shape index (κ3) is 5.12. The first kappa shape index (κ1) is 17.1. The molecule has 1 fully saturated rings. The van der Waals surface area contributed by atoms with E-state index in [1.807, 2.05) is 6.07 Å². The van der Waals surface area contributed by atoms with E-state index in [0.29, 0.717) is 12.2 Å². The summed E-state index contributed by atoms with van der Waals surface area (Å²) in [6, 6.07) is 9.97. The van der Waals surface area contributed by atoms with E-state index in [-0.39, 0.29) is 17.8 Å². The molecule has 1 aliphatic rings. The van der Waals surface area contributed by atoms with Crippen molar-refractivity contribution in [2.45, 2.75) is 25.5 Å². The number of carbonyl (C=O) groups is 1. The zero-order valence-electron chi connectivity index (χ0n) is 13.5. The first-order valence-corrected chi connectivity index (χ1v) is 9.10. The molecule has 1 aromatic carbocycles. The van der Waals surface area contributed by atoms with E-state index in [1.54, 1.807) is 23.5 Å². The molecule has 2 aromatic rings. The summed E-state index contributed by atoms with van der Waals surface area (Å²) in [5.41, 5.74) is 0.619. The van der Waals surface area contributed by atoms with Gasteiger partial charge >= 0.3 is 0 Å². The van der Waals surface area contributed by atoms with Crippen LogP contribution in [-0.2, 0) is 16.1 Å². The molecule has 0 aliphatic carbocycles. The number of rotatable bonds is 7. The normalized spacial score (nSPS) is 18.5. The number of nitrogens with one attached hydrogen (secondary N) is 2. The van der Waals surface area contributed by atoms with Crippen molar-refractivity contribution in [2.24, 2.45) is 0 Å². The van der Waals surface area contributed by atoms with Gasteiger partial charge in [-0.1, -0.05) is 6.07 Å². The summed E-state index contributed by atoms with van der Waals surface area (Å²) >= 11 is 1.71. The van der Waals surface area contributed by atoms with Crippen molar-refractivity contribution in [3.8, 4) is 0 Å². The van der Waals surface area contributed by atoms with Gasteiger partial charge in [0.1, 0.15) is 25.0 Å². The van der Waals surface area contributed by atoms with Crippen LogP contribution < -0.4 is 10.2 Å². The van der Waals surface area contributed by atoms with Crippen LogP contribution >= 0.6 is 11.3 Å². The number of hydrogen-bond donors (Lipinski definition) is 2. The Morgan fingerprint density at radius 3 is 2.83 bits per heavy atom. The molecule has 0 spiro atoms. The van der Waals surface area contributed by atoms with Crippen LogP contribution in [0.4, 0.5) is 10.1 Å². The van der Waals surface area contributed by atoms with Gasteiger partial charge < -0.3 is 15.0 Å². The highest BCUT2D eigenvalue weighted by atomic mass is 32.1. The van der Waals surface area contributed by atoms with Crippen LogP contribution in [0.15, 0.2) is 41.8 Å². The zero-order chi connectivity index (χ0) is 16.8. The number of quaternary nitrogens is 1. The van der Waals surface area contributed by atoms with Crippen LogP contribution in [0.3, 0.4) is 0 Å². The Labute approximate surface area is 145 Å². The monoisotopic (exact) mass is 349 g/mol. The number of halogens is 1. The topological polar surface area (TPSA) is 42.8 Å². The van der Waals surface area contributed by atoms with E-state index in [1.165, 1.54) is 21.9 Å². The smallest absolute Gasteiger partial charge is 0.279 e. The van der Waals surface area contributed by atoms with Gasteiger partial charge in [0.15, 0.2) is 6.54 Å². The van der Waals surface area contributed by atoms with E-state index in [4.69, 9.17) is 4.74 Å². The Hall–Kier alpha value is -1.76. The summed E-state index contributed by atoms with van der Waals surface area (Å²) in [7, 11) is 0. The fourth-order valence-corrected chi connectivity index (χ4v) is 3.74. The number of carbonyl (C=O) groups excluding carboxylic acids is 1. The fraction of sp³-hybridized carbons (Fsp3) is 0.389. The molecule has 24 heavy (non-hydrogen) atoms. The van der Waals surface area contributed by atoms with Gasteiger partial charge in [-0.25, -0.2) is 4.39 Å². The maximum absolute atomic E-state index is 12.9. The molecule has 2 heterocycles. The Balaban J connectivity index is 1.58. The quantitative estimate of drug-likeness (QED) is 0.804. The maximum atomic E-state index is 12.9. The highest BCUT2D eigenvalue weighted by Crippen LogP contribution is 2.11. The fourth-order valence-electron chi connectivity index (χ4n) is 2.96. The Kier molecular flexibility index (Phi) is 5.96. The average molecular weight is 349 g/mol. The molecule has 1 unspecified atom stereocenters. The molecule has 1 amide bonds. The van der Waals surface area contributed by atoms with Gasteiger partial charge in [-0.2, -0.15) is 0 Å². The number of ether oxygens (including phenoxy) is 1. The summed E-state index contributed by atoms with van der Waals surface area (Å²) in [5.74, 6) is -0.373. The lowest BCUT2D eigenvalue weighted by Crippen LogP contribution is -3.12. The summed E-state index contributed by atoms with van der Waals surface area (Å²) in [6.07, 6.45) is 2.39. The van der Waals surface area contributed by atoms with Crippen LogP contribution in [0.5, 0.6) is 0 Å². The number of thiophene rings is 1. The maximum Gasteiger partial charge on any atom is 0.279 e. The first-order chi connectivity index (χ1) is 11.7. The molecule has 1 saturated heterocycles. The highest BCUT2D eigenvalue weighted by Gasteiger charge is 2.24. The van der Waals surface area contributed by atoms with Crippen molar-refractivity contribution in [2.75, 3.05) is 25.0 Å². The molecule has 128 valence electrons. The predicted molar refractivity (Wildman–Crippen MR) is 92.7 cm³/mol. The minimum absolute atomic E-state index is 0.0637. The summed E-state index contributed by atoms with van der Waals surface area (Å²) in [6.45, 7) is 2.83. The van der Waals surface area contributed by atoms with Crippen LogP contribution in [-0.4, -0.2) is 31.7 Å². The van der Waals surface area contributed by atoms with E-state index in [0.717, 1.165) is 32.5 Å². The lowest BCUT2D eigenvalue weighted by Gasteiger charge is -2.21. The molecule has 3 rings (SSSR count). The van der Waals surface area contributed by atoms with E-state index in [2.05, 4.69) is 16.8 Å². The average Bonchev–Trinajstić information content (AvgIpc) is 3.23.